The van der Waals surface area contributed by atoms with Gasteiger partial charge in [-0.1, -0.05) is 5.21 Å². The standard InChI is InChI=1S/C23H26N10/c1-14(2)29-20-8-22(33-23-16(11-28-33)7-15(9-24)10-27-23)26-12-19(20)21-13-32(31-30-21)18-5-3-17(25)4-6-18/h7-8,10-14,17-18H,3-6,25H2,1-2H3,(H,26,29). The van der Waals surface area contributed by atoms with Gasteiger partial charge in [0.25, 0.3) is 0 Å². The van der Waals surface area contributed by atoms with E-state index < -0.39 is 0 Å². The molecule has 4 aromatic rings. The lowest BCUT2D eigenvalue weighted by molar-refractivity contribution is 0.300. The van der Waals surface area contributed by atoms with Crippen molar-refractivity contribution in [2.45, 2.75) is 57.7 Å². The highest BCUT2D eigenvalue weighted by Gasteiger charge is 2.22. The quantitative estimate of drug-likeness (QED) is 0.481. The Kier molecular flexibility index (Phi) is 5.48. The Bertz CT molecular complexity index is 1320. The van der Waals surface area contributed by atoms with Crippen LogP contribution in [0.4, 0.5) is 5.69 Å². The van der Waals surface area contributed by atoms with Gasteiger partial charge < -0.3 is 11.1 Å². The summed E-state index contributed by atoms with van der Waals surface area (Å²) in [7, 11) is 0. The number of fused-ring (bicyclic) bond motifs is 1. The van der Waals surface area contributed by atoms with E-state index in [0.29, 0.717) is 29.1 Å². The van der Waals surface area contributed by atoms with Gasteiger partial charge in [0.15, 0.2) is 11.5 Å². The fraction of sp³-hybridized carbons (Fsp3) is 0.391. The molecule has 1 saturated carbocycles. The van der Waals surface area contributed by atoms with Crippen molar-refractivity contribution < 1.29 is 0 Å². The minimum absolute atomic E-state index is 0.208. The number of nitrogens with two attached hydrogens (primary N) is 1. The average molecular weight is 443 g/mol. The minimum atomic E-state index is 0.208. The predicted octanol–water partition coefficient (Wildman–Crippen LogP) is 3.21. The largest absolute Gasteiger partial charge is 0.382 e. The molecule has 0 spiro atoms. The maximum absolute atomic E-state index is 9.12. The van der Waals surface area contributed by atoms with Crippen molar-refractivity contribution in [1.82, 2.24) is 34.7 Å². The second kappa shape index (κ2) is 8.60. The molecule has 1 aliphatic carbocycles. The van der Waals surface area contributed by atoms with E-state index in [1.807, 2.05) is 16.9 Å². The number of hydrogen-bond donors (Lipinski definition) is 2. The second-order valence-corrected chi connectivity index (χ2v) is 8.84. The van der Waals surface area contributed by atoms with E-state index >= 15 is 0 Å². The summed E-state index contributed by atoms with van der Waals surface area (Å²) in [6, 6.07) is 6.65. The Labute approximate surface area is 191 Å². The molecule has 1 fully saturated rings. The summed E-state index contributed by atoms with van der Waals surface area (Å²) in [5.74, 6) is 0.628. The van der Waals surface area contributed by atoms with Crippen molar-refractivity contribution in [3.8, 4) is 23.1 Å². The topological polar surface area (TPSA) is 136 Å². The van der Waals surface area contributed by atoms with Gasteiger partial charge in [0.2, 0.25) is 0 Å². The summed E-state index contributed by atoms with van der Waals surface area (Å²) in [4.78, 5) is 9.05. The first kappa shape index (κ1) is 21.0. The van der Waals surface area contributed by atoms with Gasteiger partial charge in [0.05, 0.1) is 24.0 Å². The lowest BCUT2D eigenvalue weighted by Crippen LogP contribution is -2.28. The van der Waals surface area contributed by atoms with Gasteiger partial charge in [-0.15, -0.1) is 5.10 Å². The predicted molar refractivity (Wildman–Crippen MR) is 125 cm³/mol. The third-order valence-corrected chi connectivity index (χ3v) is 5.99. The fourth-order valence-electron chi connectivity index (χ4n) is 4.29. The van der Waals surface area contributed by atoms with Crippen LogP contribution in [0.2, 0.25) is 0 Å². The molecule has 0 aromatic carbocycles. The first-order valence-electron chi connectivity index (χ1n) is 11.2. The molecule has 33 heavy (non-hydrogen) atoms. The number of nitrogens with one attached hydrogen (secondary N) is 1. The lowest BCUT2D eigenvalue weighted by Gasteiger charge is -2.25. The van der Waals surface area contributed by atoms with E-state index in [0.717, 1.165) is 48.0 Å². The van der Waals surface area contributed by atoms with Gasteiger partial charge in [-0.05, 0) is 45.6 Å². The van der Waals surface area contributed by atoms with E-state index in [1.165, 1.54) is 0 Å². The van der Waals surface area contributed by atoms with Crippen molar-refractivity contribution in [3.63, 3.8) is 0 Å². The zero-order valence-corrected chi connectivity index (χ0v) is 18.7. The molecule has 0 atom stereocenters. The molecule has 168 valence electrons. The number of pyridine rings is 2. The van der Waals surface area contributed by atoms with Crippen LogP contribution >= 0.6 is 0 Å². The number of hydrogen-bond acceptors (Lipinski definition) is 8. The van der Waals surface area contributed by atoms with Crippen molar-refractivity contribution in [1.29, 1.82) is 5.26 Å². The van der Waals surface area contributed by atoms with Gasteiger partial charge in [-0.25, -0.2) is 14.6 Å². The zero-order valence-electron chi connectivity index (χ0n) is 18.7. The van der Waals surface area contributed by atoms with Crippen LogP contribution in [0.3, 0.4) is 0 Å². The van der Waals surface area contributed by atoms with Crippen molar-refractivity contribution >= 4 is 16.7 Å². The van der Waals surface area contributed by atoms with E-state index in [2.05, 4.69) is 50.6 Å². The molecule has 10 nitrogen and oxygen atoms in total. The number of rotatable bonds is 5. The minimum Gasteiger partial charge on any atom is -0.382 e. The first-order valence-corrected chi connectivity index (χ1v) is 11.2. The Morgan fingerprint density at radius 2 is 1.94 bits per heavy atom. The highest BCUT2D eigenvalue weighted by Crippen LogP contribution is 2.31. The number of anilines is 1. The Morgan fingerprint density at radius 3 is 2.70 bits per heavy atom. The molecule has 3 N–H and O–H groups in total. The molecular formula is C23H26N10. The average Bonchev–Trinajstić information content (AvgIpc) is 3.46. The molecule has 0 bridgehead atoms. The molecule has 0 saturated heterocycles. The number of aromatic nitrogens is 7. The highest BCUT2D eigenvalue weighted by atomic mass is 15.4. The molecule has 5 rings (SSSR count). The van der Waals surface area contributed by atoms with Crippen molar-refractivity contribution in [2.24, 2.45) is 5.73 Å². The molecule has 1 aliphatic rings. The summed E-state index contributed by atoms with van der Waals surface area (Å²) in [5.41, 5.74) is 9.74. The molecule has 0 unspecified atom stereocenters. The Morgan fingerprint density at radius 1 is 1.12 bits per heavy atom. The first-order chi connectivity index (χ1) is 16.0. The van der Waals surface area contributed by atoms with Gasteiger partial charge in [0, 0.05) is 47.2 Å². The molecule has 4 aromatic heterocycles. The van der Waals surface area contributed by atoms with Gasteiger partial charge in [-0.2, -0.15) is 15.0 Å². The third-order valence-electron chi connectivity index (χ3n) is 5.99. The lowest BCUT2D eigenvalue weighted by atomic mass is 9.92. The van der Waals surface area contributed by atoms with Crippen LogP contribution < -0.4 is 11.1 Å². The van der Waals surface area contributed by atoms with E-state index in [9.17, 15) is 0 Å². The molecule has 10 heteroatoms. The smallest absolute Gasteiger partial charge is 0.164 e. The third kappa shape index (κ3) is 4.15. The van der Waals surface area contributed by atoms with Crippen LogP contribution in [-0.4, -0.2) is 46.8 Å². The maximum atomic E-state index is 9.12. The van der Waals surface area contributed by atoms with Crippen LogP contribution in [0.1, 0.15) is 51.1 Å². The molecule has 0 radical (unpaired) electrons. The molecule has 0 aliphatic heterocycles. The Hall–Kier alpha value is -3.84. The van der Waals surface area contributed by atoms with Crippen LogP contribution in [0.5, 0.6) is 0 Å². The van der Waals surface area contributed by atoms with E-state index in [-0.39, 0.29) is 6.04 Å². The highest BCUT2D eigenvalue weighted by molar-refractivity contribution is 5.79. The maximum Gasteiger partial charge on any atom is 0.164 e. The van der Waals surface area contributed by atoms with E-state index in [1.54, 1.807) is 29.3 Å². The summed E-state index contributed by atoms with van der Waals surface area (Å²) >= 11 is 0. The summed E-state index contributed by atoms with van der Waals surface area (Å²) in [6.45, 7) is 4.17. The zero-order chi connectivity index (χ0) is 22.9. The van der Waals surface area contributed by atoms with Crippen molar-refractivity contribution in [2.75, 3.05) is 5.32 Å². The summed E-state index contributed by atoms with van der Waals surface area (Å²) in [6.07, 6.45) is 11.1. The summed E-state index contributed by atoms with van der Waals surface area (Å²) < 4.78 is 3.64. The van der Waals surface area contributed by atoms with Crippen LogP contribution in [0.25, 0.3) is 28.1 Å². The SMILES string of the molecule is CC(C)Nc1cc(-n2ncc3cc(C#N)cnc32)ncc1-c1cn(C2CCC(N)CC2)nn1. The van der Waals surface area contributed by atoms with Gasteiger partial charge in [-0.3, -0.25) is 0 Å². The summed E-state index contributed by atoms with van der Waals surface area (Å²) in [5, 5.41) is 26.7. The molecule has 0 amide bonds. The monoisotopic (exact) mass is 442 g/mol. The van der Waals surface area contributed by atoms with Gasteiger partial charge >= 0.3 is 0 Å². The normalized spacial score (nSPS) is 18.5. The Balaban J connectivity index is 1.50. The number of nitrogens with zero attached hydrogens (tertiary/aromatic N) is 8. The second-order valence-electron chi connectivity index (χ2n) is 8.84. The van der Waals surface area contributed by atoms with Gasteiger partial charge in [0.1, 0.15) is 11.8 Å². The van der Waals surface area contributed by atoms with Crippen LogP contribution in [-0.2, 0) is 0 Å². The molecular weight excluding hydrogens is 416 g/mol. The van der Waals surface area contributed by atoms with Crippen LogP contribution in [0, 0.1) is 11.3 Å². The van der Waals surface area contributed by atoms with Crippen molar-refractivity contribution in [3.05, 3.63) is 42.5 Å². The van der Waals surface area contributed by atoms with E-state index in [4.69, 9.17) is 11.0 Å². The molecule has 4 heterocycles. The fourth-order valence-corrected chi connectivity index (χ4v) is 4.29. The van der Waals surface area contributed by atoms with Crippen LogP contribution in [0.15, 0.2) is 36.9 Å². The number of nitriles is 1.